The van der Waals surface area contributed by atoms with Crippen LogP contribution in [0.5, 0.6) is 0 Å². The average molecular weight is 133 g/mol. The average Bonchev–Trinajstić information content (AvgIpc) is 1.89. The van der Waals surface area contributed by atoms with E-state index in [1.807, 2.05) is 0 Å². The van der Waals surface area contributed by atoms with Gasteiger partial charge in [-0.2, -0.15) is 0 Å². The molecule has 0 radical (unpaired) electrons. The Morgan fingerprint density at radius 1 is 1.56 bits per heavy atom. The van der Waals surface area contributed by atoms with E-state index in [0.717, 1.165) is 19.3 Å². The largest absolute Gasteiger partial charge is 0.366 e. The van der Waals surface area contributed by atoms with Gasteiger partial charge in [-0.1, -0.05) is 19.8 Å². The molecule has 0 aliphatic carbocycles. The molecule has 0 saturated carbocycles. The lowest BCUT2D eigenvalue weighted by Gasteiger charge is -2.04. The molecule has 0 heterocycles. The third-order valence-corrected chi connectivity index (χ3v) is 1.21. The van der Waals surface area contributed by atoms with Crippen molar-refractivity contribution in [2.45, 2.75) is 38.9 Å². The van der Waals surface area contributed by atoms with E-state index in [9.17, 15) is 0 Å². The second-order valence-electron chi connectivity index (χ2n) is 2.09. The Morgan fingerprint density at radius 3 is 2.67 bits per heavy atom. The Kier molecular flexibility index (Phi) is 5.93. The van der Waals surface area contributed by atoms with Crippen LogP contribution in [0.15, 0.2) is 0 Å². The first-order chi connectivity index (χ1) is 4.31. The fourth-order valence-corrected chi connectivity index (χ4v) is 0.637. The summed E-state index contributed by atoms with van der Waals surface area (Å²) in [7, 11) is 0. The number of aliphatic hydroxyl groups is 1. The van der Waals surface area contributed by atoms with Crippen molar-refractivity contribution in [2.24, 2.45) is 5.90 Å². The standard InChI is InChI=1S/C6H15NO2/c1-2-3-4-5-6(8)9-7/h6,8H,2-5,7H2,1H3. The highest BCUT2D eigenvalue weighted by Crippen LogP contribution is 2.01. The van der Waals surface area contributed by atoms with Crippen LogP contribution in [0.4, 0.5) is 0 Å². The second-order valence-corrected chi connectivity index (χ2v) is 2.09. The zero-order valence-corrected chi connectivity index (χ0v) is 5.84. The minimum absolute atomic E-state index is 0.643. The highest BCUT2D eigenvalue weighted by Gasteiger charge is 1.98. The van der Waals surface area contributed by atoms with Gasteiger partial charge in [-0.15, -0.1) is 0 Å². The minimum Gasteiger partial charge on any atom is -0.366 e. The van der Waals surface area contributed by atoms with Crippen LogP contribution in [-0.2, 0) is 4.84 Å². The molecule has 0 fully saturated rings. The number of hydrogen-bond acceptors (Lipinski definition) is 3. The molecule has 1 atom stereocenters. The van der Waals surface area contributed by atoms with Crippen molar-refractivity contribution in [3.05, 3.63) is 0 Å². The Hall–Kier alpha value is -0.120. The molecular formula is C6H15NO2. The zero-order chi connectivity index (χ0) is 7.11. The summed E-state index contributed by atoms with van der Waals surface area (Å²) in [4.78, 5) is 4.15. The normalized spacial score (nSPS) is 13.7. The van der Waals surface area contributed by atoms with Gasteiger partial charge in [0, 0.05) is 0 Å². The highest BCUT2D eigenvalue weighted by atomic mass is 16.7. The summed E-state index contributed by atoms with van der Waals surface area (Å²) in [6.45, 7) is 2.11. The Bertz CT molecular complexity index is 59.0. The number of nitrogens with two attached hydrogens (primary N) is 1. The quantitative estimate of drug-likeness (QED) is 0.331. The first kappa shape index (κ1) is 8.88. The van der Waals surface area contributed by atoms with E-state index in [0.29, 0.717) is 6.42 Å². The summed E-state index contributed by atoms with van der Waals surface area (Å²) in [5, 5.41) is 8.74. The van der Waals surface area contributed by atoms with Crippen molar-refractivity contribution in [1.29, 1.82) is 0 Å². The van der Waals surface area contributed by atoms with E-state index in [1.165, 1.54) is 0 Å². The first-order valence-electron chi connectivity index (χ1n) is 3.34. The summed E-state index contributed by atoms with van der Waals surface area (Å²) >= 11 is 0. The van der Waals surface area contributed by atoms with E-state index in [1.54, 1.807) is 0 Å². The number of aliphatic hydroxyl groups excluding tert-OH is 1. The molecular weight excluding hydrogens is 118 g/mol. The lowest BCUT2D eigenvalue weighted by Crippen LogP contribution is -2.15. The minimum atomic E-state index is -0.767. The molecule has 0 bridgehead atoms. The molecule has 0 aliphatic heterocycles. The lowest BCUT2D eigenvalue weighted by atomic mass is 10.2. The molecule has 3 heteroatoms. The third kappa shape index (κ3) is 5.76. The maximum absolute atomic E-state index is 8.74. The van der Waals surface area contributed by atoms with Crippen LogP contribution >= 0.6 is 0 Å². The molecule has 0 saturated heterocycles. The maximum atomic E-state index is 8.74. The van der Waals surface area contributed by atoms with Crippen LogP contribution in [0.3, 0.4) is 0 Å². The van der Waals surface area contributed by atoms with Crippen LogP contribution < -0.4 is 5.90 Å². The van der Waals surface area contributed by atoms with Gasteiger partial charge in [0.05, 0.1) is 0 Å². The van der Waals surface area contributed by atoms with Gasteiger partial charge in [-0.25, -0.2) is 5.90 Å². The summed E-state index contributed by atoms with van der Waals surface area (Å²) in [6, 6.07) is 0. The van der Waals surface area contributed by atoms with Gasteiger partial charge < -0.3 is 5.11 Å². The van der Waals surface area contributed by atoms with Gasteiger partial charge in [0.2, 0.25) is 0 Å². The molecule has 1 unspecified atom stereocenters. The van der Waals surface area contributed by atoms with E-state index in [-0.39, 0.29) is 0 Å². The number of unbranched alkanes of at least 4 members (excludes halogenated alkanes) is 2. The van der Waals surface area contributed by atoms with Gasteiger partial charge in [0.1, 0.15) is 0 Å². The predicted octanol–water partition coefficient (Wildman–Crippen LogP) is 0.775. The van der Waals surface area contributed by atoms with Crippen LogP contribution in [0.1, 0.15) is 32.6 Å². The maximum Gasteiger partial charge on any atom is 0.174 e. The molecule has 0 aromatic carbocycles. The van der Waals surface area contributed by atoms with E-state index < -0.39 is 6.29 Å². The monoisotopic (exact) mass is 133 g/mol. The second kappa shape index (κ2) is 6.01. The number of hydrogen-bond donors (Lipinski definition) is 2. The Morgan fingerprint density at radius 2 is 2.22 bits per heavy atom. The van der Waals surface area contributed by atoms with E-state index in [2.05, 4.69) is 11.8 Å². The molecule has 0 spiro atoms. The van der Waals surface area contributed by atoms with Gasteiger partial charge in [0.25, 0.3) is 0 Å². The molecule has 0 amide bonds. The van der Waals surface area contributed by atoms with E-state index in [4.69, 9.17) is 11.0 Å². The lowest BCUT2D eigenvalue weighted by molar-refractivity contribution is -0.106. The smallest absolute Gasteiger partial charge is 0.174 e. The van der Waals surface area contributed by atoms with Crippen LogP contribution in [-0.4, -0.2) is 11.4 Å². The van der Waals surface area contributed by atoms with Gasteiger partial charge >= 0.3 is 0 Å². The molecule has 0 aromatic rings. The SMILES string of the molecule is CCCCCC(O)ON. The zero-order valence-electron chi connectivity index (χ0n) is 5.84. The fourth-order valence-electron chi connectivity index (χ4n) is 0.637. The van der Waals surface area contributed by atoms with Crippen molar-refractivity contribution in [1.82, 2.24) is 0 Å². The fraction of sp³-hybridized carbons (Fsp3) is 1.00. The molecule has 56 valence electrons. The summed E-state index contributed by atoms with van der Waals surface area (Å²) in [6.07, 6.45) is 3.13. The number of rotatable bonds is 5. The highest BCUT2D eigenvalue weighted by molar-refractivity contribution is 4.41. The van der Waals surface area contributed by atoms with Crippen LogP contribution in [0.25, 0.3) is 0 Å². The topological polar surface area (TPSA) is 55.5 Å². The summed E-state index contributed by atoms with van der Waals surface area (Å²) in [5.74, 6) is 4.70. The van der Waals surface area contributed by atoms with Gasteiger partial charge in [-0.05, 0) is 12.8 Å². The van der Waals surface area contributed by atoms with Gasteiger partial charge in [0.15, 0.2) is 6.29 Å². The van der Waals surface area contributed by atoms with Crippen LogP contribution in [0, 0.1) is 0 Å². The first-order valence-corrected chi connectivity index (χ1v) is 3.34. The van der Waals surface area contributed by atoms with E-state index >= 15 is 0 Å². The Labute approximate surface area is 55.8 Å². The predicted molar refractivity (Wildman–Crippen MR) is 35.4 cm³/mol. The third-order valence-electron chi connectivity index (χ3n) is 1.21. The molecule has 3 nitrogen and oxygen atoms in total. The molecule has 3 N–H and O–H groups in total. The van der Waals surface area contributed by atoms with Gasteiger partial charge in [-0.3, -0.25) is 4.84 Å². The van der Waals surface area contributed by atoms with Crippen molar-refractivity contribution < 1.29 is 9.94 Å². The van der Waals surface area contributed by atoms with Crippen molar-refractivity contribution in [3.63, 3.8) is 0 Å². The molecule has 0 rings (SSSR count). The summed E-state index contributed by atoms with van der Waals surface area (Å²) in [5.41, 5.74) is 0. The molecule has 9 heavy (non-hydrogen) atoms. The van der Waals surface area contributed by atoms with Crippen molar-refractivity contribution >= 4 is 0 Å². The molecule has 0 aromatic heterocycles. The summed E-state index contributed by atoms with van der Waals surface area (Å²) < 4.78 is 0. The molecule has 0 aliphatic rings. The van der Waals surface area contributed by atoms with Crippen LogP contribution in [0.2, 0.25) is 0 Å². The van der Waals surface area contributed by atoms with Crippen molar-refractivity contribution in [3.8, 4) is 0 Å². The van der Waals surface area contributed by atoms with Crippen molar-refractivity contribution in [2.75, 3.05) is 0 Å². The Balaban J connectivity index is 2.88.